The number of carbonyl (C=O) groups is 1. The predicted molar refractivity (Wildman–Crippen MR) is 82.8 cm³/mol. The van der Waals surface area contributed by atoms with Crippen LogP contribution in [0.5, 0.6) is 0 Å². The molecule has 0 bridgehead atoms. The highest BCUT2D eigenvalue weighted by Gasteiger charge is 2.29. The fourth-order valence-electron chi connectivity index (χ4n) is 2.45. The summed E-state index contributed by atoms with van der Waals surface area (Å²) in [6.45, 7) is 9.59. The number of carbonyl (C=O) groups excluding carboxylic acids is 1. The van der Waals surface area contributed by atoms with Crippen LogP contribution in [0.15, 0.2) is 17.5 Å². The lowest BCUT2D eigenvalue weighted by Gasteiger charge is -2.38. The molecule has 0 unspecified atom stereocenters. The lowest BCUT2D eigenvalue weighted by atomic mass is 10.1. The van der Waals surface area contributed by atoms with Gasteiger partial charge in [0, 0.05) is 19.0 Å². The average molecular weight is 297 g/mol. The van der Waals surface area contributed by atoms with Crippen LogP contribution >= 0.6 is 11.3 Å². The van der Waals surface area contributed by atoms with Crippen LogP contribution in [0, 0.1) is 0 Å². The Balaban J connectivity index is 1.98. The van der Waals surface area contributed by atoms with E-state index in [9.17, 15) is 4.79 Å². The highest BCUT2D eigenvalue weighted by atomic mass is 32.1. The Hall–Kier alpha value is -0.493. The largest absolute Gasteiger partial charge is 0.378 e. The Morgan fingerprint density at radius 3 is 2.95 bits per heavy atom. The summed E-state index contributed by atoms with van der Waals surface area (Å²) in [4.78, 5) is 15.6. The highest BCUT2D eigenvalue weighted by Crippen LogP contribution is 2.18. The summed E-state index contributed by atoms with van der Waals surface area (Å²) in [7, 11) is -1.14. The zero-order chi connectivity index (χ0) is 13.9. The zero-order valence-corrected chi connectivity index (χ0v) is 13.8. The smallest absolute Gasteiger partial charge is 0.174 e. The van der Waals surface area contributed by atoms with E-state index in [1.807, 2.05) is 17.5 Å². The van der Waals surface area contributed by atoms with Gasteiger partial charge in [-0.25, -0.2) is 0 Å². The predicted octanol–water partition coefficient (Wildman–Crippen LogP) is 2.90. The fourth-order valence-corrected chi connectivity index (χ4v) is 4.76. The van der Waals surface area contributed by atoms with Crippen molar-refractivity contribution in [3.8, 4) is 0 Å². The minimum atomic E-state index is -1.14. The number of hydrogen-bond acceptors (Lipinski definition) is 4. The molecule has 0 spiro atoms. The number of rotatable bonds is 5. The van der Waals surface area contributed by atoms with E-state index in [-0.39, 0.29) is 11.8 Å². The molecule has 0 amide bonds. The fraction of sp³-hybridized carbons (Fsp3) is 0.643. The SMILES string of the molecule is C[Si](C)(C)CN1CCOC[C@@H]1CC(=O)c1cccs1. The molecule has 0 aromatic carbocycles. The number of Topliss-reactive ketones (excluding diaryl/α,β-unsaturated/α-hetero) is 1. The summed E-state index contributed by atoms with van der Waals surface area (Å²) in [5.74, 6) is 0.256. The summed E-state index contributed by atoms with van der Waals surface area (Å²) < 4.78 is 5.57. The van der Waals surface area contributed by atoms with Crippen LogP contribution in [0.2, 0.25) is 19.6 Å². The third-order valence-electron chi connectivity index (χ3n) is 3.24. The molecule has 1 aliphatic heterocycles. The van der Waals surface area contributed by atoms with E-state index in [0.29, 0.717) is 13.0 Å². The van der Waals surface area contributed by atoms with Gasteiger partial charge in [-0.2, -0.15) is 0 Å². The van der Waals surface area contributed by atoms with Gasteiger partial charge in [0.05, 0.1) is 26.2 Å². The first-order valence-corrected chi connectivity index (χ1v) is 11.4. The van der Waals surface area contributed by atoms with Gasteiger partial charge < -0.3 is 4.74 Å². The summed E-state index contributed by atoms with van der Waals surface area (Å²) in [5, 5.41) is 1.96. The monoisotopic (exact) mass is 297 g/mol. The van der Waals surface area contributed by atoms with E-state index in [1.54, 1.807) is 0 Å². The summed E-state index contributed by atoms with van der Waals surface area (Å²) >= 11 is 1.53. The molecule has 1 aromatic heterocycles. The standard InChI is InChI=1S/C14H23NO2SSi/c1-19(2,3)11-15-6-7-17-10-12(15)9-13(16)14-5-4-8-18-14/h4-5,8,12H,6-7,9-11H2,1-3H3/t12-/m0/s1. The van der Waals surface area contributed by atoms with Crippen molar-refractivity contribution in [2.24, 2.45) is 0 Å². The second-order valence-corrected chi connectivity index (χ2v) is 12.7. The maximum Gasteiger partial charge on any atom is 0.174 e. The van der Waals surface area contributed by atoms with Gasteiger partial charge in [-0.3, -0.25) is 9.69 Å². The highest BCUT2D eigenvalue weighted by molar-refractivity contribution is 7.12. The van der Waals surface area contributed by atoms with Gasteiger partial charge in [0.1, 0.15) is 0 Å². The van der Waals surface area contributed by atoms with Gasteiger partial charge >= 0.3 is 0 Å². The molecule has 0 radical (unpaired) electrons. The Kier molecular flexibility index (Phi) is 4.95. The molecule has 1 saturated heterocycles. The summed E-state index contributed by atoms with van der Waals surface area (Å²) in [5.41, 5.74) is 0. The number of morpholine rings is 1. The number of ether oxygens (including phenoxy) is 1. The van der Waals surface area contributed by atoms with E-state index in [1.165, 1.54) is 11.3 Å². The number of nitrogens with zero attached hydrogens (tertiary/aromatic N) is 1. The Morgan fingerprint density at radius 1 is 1.53 bits per heavy atom. The summed E-state index contributed by atoms with van der Waals surface area (Å²) in [6.07, 6.45) is 1.74. The number of ketones is 1. The molecule has 3 nitrogen and oxygen atoms in total. The van der Waals surface area contributed by atoms with E-state index < -0.39 is 8.07 Å². The molecule has 2 heterocycles. The first-order valence-electron chi connectivity index (χ1n) is 6.84. The summed E-state index contributed by atoms with van der Waals surface area (Å²) in [6, 6.07) is 4.12. The minimum Gasteiger partial charge on any atom is -0.378 e. The Bertz CT molecular complexity index is 414. The van der Waals surface area contributed by atoms with Crippen molar-refractivity contribution in [3.05, 3.63) is 22.4 Å². The van der Waals surface area contributed by atoms with Crippen molar-refractivity contribution >= 4 is 25.2 Å². The van der Waals surface area contributed by atoms with Crippen molar-refractivity contribution in [2.75, 3.05) is 25.9 Å². The van der Waals surface area contributed by atoms with Gasteiger partial charge in [-0.1, -0.05) is 25.7 Å². The van der Waals surface area contributed by atoms with E-state index >= 15 is 0 Å². The van der Waals surface area contributed by atoms with Gasteiger partial charge in [0.15, 0.2) is 5.78 Å². The second-order valence-electron chi connectivity index (χ2n) is 6.36. The molecular weight excluding hydrogens is 274 g/mol. The zero-order valence-electron chi connectivity index (χ0n) is 12.0. The number of thiophene rings is 1. The molecule has 0 N–H and O–H groups in total. The van der Waals surface area contributed by atoms with Crippen LogP contribution in [0.25, 0.3) is 0 Å². The van der Waals surface area contributed by atoms with Crippen molar-refractivity contribution in [3.63, 3.8) is 0 Å². The molecule has 1 atom stereocenters. The van der Waals surface area contributed by atoms with Crippen LogP contribution in [-0.4, -0.2) is 50.7 Å². The molecule has 1 fully saturated rings. The van der Waals surface area contributed by atoms with E-state index in [2.05, 4.69) is 24.5 Å². The van der Waals surface area contributed by atoms with E-state index in [0.717, 1.165) is 24.2 Å². The normalized spacial score (nSPS) is 21.5. The molecule has 0 saturated carbocycles. The van der Waals surface area contributed by atoms with Crippen molar-refractivity contribution in [1.82, 2.24) is 4.90 Å². The third-order valence-corrected chi connectivity index (χ3v) is 5.51. The van der Waals surface area contributed by atoms with Gasteiger partial charge in [-0.15, -0.1) is 11.3 Å². The van der Waals surface area contributed by atoms with Gasteiger partial charge in [0.25, 0.3) is 0 Å². The van der Waals surface area contributed by atoms with Crippen LogP contribution in [0.3, 0.4) is 0 Å². The Labute approximate surface area is 120 Å². The first kappa shape index (κ1) is 14.9. The lowest BCUT2D eigenvalue weighted by Crippen LogP contribution is -2.52. The second kappa shape index (κ2) is 6.30. The number of hydrogen-bond donors (Lipinski definition) is 0. The molecule has 19 heavy (non-hydrogen) atoms. The van der Waals surface area contributed by atoms with Gasteiger partial charge in [0.2, 0.25) is 0 Å². The molecule has 5 heteroatoms. The van der Waals surface area contributed by atoms with Crippen LogP contribution in [0.1, 0.15) is 16.1 Å². The maximum atomic E-state index is 12.2. The maximum absolute atomic E-state index is 12.2. The van der Waals surface area contributed by atoms with E-state index in [4.69, 9.17) is 4.74 Å². The van der Waals surface area contributed by atoms with Crippen molar-refractivity contribution < 1.29 is 9.53 Å². The topological polar surface area (TPSA) is 29.5 Å². The van der Waals surface area contributed by atoms with Crippen molar-refractivity contribution in [1.29, 1.82) is 0 Å². The average Bonchev–Trinajstić information content (AvgIpc) is 2.83. The molecular formula is C14H23NO2SSi. The lowest BCUT2D eigenvalue weighted by molar-refractivity contribution is -0.000734. The molecule has 1 aromatic rings. The quantitative estimate of drug-likeness (QED) is 0.618. The van der Waals surface area contributed by atoms with Crippen molar-refractivity contribution in [2.45, 2.75) is 32.1 Å². The molecule has 0 aliphatic carbocycles. The third kappa shape index (κ3) is 4.52. The molecule has 2 rings (SSSR count). The van der Waals surface area contributed by atoms with Crippen LogP contribution < -0.4 is 0 Å². The molecule has 106 valence electrons. The van der Waals surface area contributed by atoms with Crippen LogP contribution in [0.4, 0.5) is 0 Å². The Morgan fingerprint density at radius 2 is 2.32 bits per heavy atom. The van der Waals surface area contributed by atoms with Gasteiger partial charge in [-0.05, 0) is 17.6 Å². The molecule has 1 aliphatic rings. The minimum absolute atomic E-state index is 0.256. The van der Waals surface area contributed by atoms with Crippen LogP contribution in [-0.2, 0) is 4.74 Å². The first-order chi connectivity index (χ1) is 8.96.